The Balaban J connectivity index is 2.64. The first kappa shape index (κ1) is 18.7. The molecule has 1 aliphatic rings. The van der Waals surface area contributed by atoms with Crippen molar-refractivity contribution in [2.75, 3.05) is 0 Å². The van der Waals surface area contributed by atoms with Crippen molar-refractivity contribution in [1.29, 1.82) is 0 Å². The lowest BCUT2D eigenvalue weighted by Gasteiger charge is -2.20. The van der Waals surface area contributed by atoms with Crippen molar-refractivity contribution < 1.29 is 24.5 Å². The summed E-state index contributed by atoms with van der Waals surface area (Å²) in [6.45, 7) is 3.97. The molecule has 1 rings (SSSR count). The van der Waals surface area contributed by atoms with Crippen molar-refractivity contribution in [3.63, 3.8) is 0 Å². The van der Waals surface area contributed by atoms with E-state index in [4.69, 9.17) is 4.74 Å². The molecule has 0 heterocycles. The van der Waals surface area contributed by atoms with Crippen LogP contribution in [0.15, 0.2) is 11.8 Å². The number of esters is 1. The van der Waals surface area contributed by atoms with Crippen LogP contribution >= 0.6 is 0 Å². The summed E-state index contributed by atoms with van der Waals surface area (Å²) < 4.78 is 5.16. The van der Waals surface area contributed by atoms with Crippen LogP contribution in [0, 0.1) is 5.92 Å². The minimum Gasteiger partial charge on any atom is -0.512 e. The zero-order chi connectivity index (χ0) is 16.5. The average Bonchev–Trinajstić information content (AvgIpc) is 2.73. The van der Waals surface area contributed by atoms with Crippen molar-refractivity contribution in [2.24, 2.45) is 5.92 Å². The maximum absolute atomic E-state index is 11.9. The second-order valence-electron chi connectivity index (χ2n) is 5.90. The van der Waals surface area contributed by atoms with E-state index < -0.39 is 24.1 Å². The maximum Gasteiger partial charge on any atom is 0.306 e. The van der Waals surface area contributed by atoms with E-state index in [1.54, 1.807) is 6.08 Å². The van der Waals surface area contributed by atoms with Crippen molar-refractivity contribution >= 4 is 11.8 Å². The number of carbonyl (C=O) groups excluding carboxylic acids is 2. The molecule has 5 nitrogen and oxygen atoms in total. The minimum absolute atomic E-state index is 0.0378. The zero-order valence-corrected chi connectivity index (χ0v) is 13.6. The number of rotatable bonds is 9. The summed E-state index contributed by atoms with van der Waals surface area (Å²) >= 11 is 0. The molecule has 0 bridgehead atoms. The molecular formula is C17H28O5. The van der Waals surface area contributed by atoms with Gasteiger partial charge in [0, 0.05) is 12.8 Å². The number of carbonyl (C=O) groups is 2. The maximum atomic E-state index is 11.9. The van der Waals surface area contributed by atoms with Gasteiger partial charge in [-0.05, 0) is 25.3 Å². The first-order valence-corrected chi connectivity index (χ1v) is 8.30. The number of aliphatic hydroxyl groups excluding tert-OH is 2. The van der Waals surface area contributed by atoms with Crippen molar-refractivity contribution in [3.05, 3.63) is 11.8 Å². The molecule has 0 radical (unpaired) electrons. The highest BCUT2D eigenvalue weighted by atomic mass is 16.5. The number of aliphatic hydroxyl groups is 2. The van der Waals surface area contributed by atoms with Gasteiger partial charge in [-0.1, -0.05) is 33.1 Å². The second-order valence-corrected chi connectivity index (χ2v) is 5.90. The SMILES string of the molecule is CCCCCC/C=C(/O)C1C(O)CC(=O)C1OC(=O)CCC. The van der Waals surface area contributed by atoms with Crippen LogP contribution in [0.2, 0.25) is 0 Å². The standard InChI is InChI=1S/C17H28O5/c1-3-5-6-7-8-10-12(18)16-13(19)11-14(20)17(16)22-15(21)9-4-2/h10,13,16-19H,3-9,11H2,1-2H3/b12-10+. The third-order valence-corrected chi connectivity index (χ3v) is 3.93. The molecule has 1 aliphatic carbocycles. The van der Waals surface area contributed by atoms with Gasteiger partial charge < -0.3 is 14.9 Å². The molecule has 0 saturated heterocycles. The molecule has 0 aromatic rings. The van der Waals surface area contributed by atoms with Gasteiger partial charge in [-0.15, -0.1) is 0 Å². The molecule has 3 unspecified atom stereocenters. The fourth-order valence-corrected chi connectivity index (χ4v) is 2.70. The fraction of sp³-hybridized carbons (Fsp3) is 0.765. The molecular weight excluding hydrogens is 284 g/mol. The molecule has 22 heavy (non-hydrogen) atoms. The van der Waals surface area contributed by atoms with E-state index in [2.05, 4.69) is 6.92 Å². The van der Waals surface area contributed by atoms with E-state index in [0.29, 0.717) is 12.8 Å². The van der Waals surface area contributed by atoms with E-state index >= 15 is 0 Å². The number of ether oxygens (including phenoxy) is 1. The van der Waals surface area contributed by atoms with E-state index in [1.165, 1.54) is 0 Å². The Hall–Kier alpha value is -1.36. The Bertz CT molecular complexity index is 402. The van der Waals surface area contributed by atoms with Crippen molar-refractivity contribution in [3.8, 4) is 0 Å². The molecule has 126 valence electrons. The van der Waals surface area contributed by atoms with Crippen LogP contribution in [0.3, 0.4) is 0 Å². The fourth-order valence-electron chi connectivity index (χ4n) is 2.70. The Morgan fingerprint density at radius 1 is 1.27 bits per heavy atom. The molecule has 2 N–H and O–H groups in total. The van der Waals surface area contributed by atoms with Crippen LogP contribution in [0.5, 0.6) is 0 Å². The average molecular weight is 312 g/mol. The van der Waals surface area contributed by atoms with Gasteiger partial charge in [-0.25, -0.2) is 0 Å². The number of ketones is 1. The van der Waals surface area contributed by atoms with Gasteiger partial charge in [-0.3, -0.25) is 9.59 Å². The quantitative estimate of drug-likeness (QED) is 0.388. The Labute approximate surface area is 132 Å². The van der Waals surface area contributed by atoms with Gasteiger partial charge in [0.15, 0.2) is 11.9 Å². The molecule has 0 spiro atoms. The van der Waals surface area contributed by atoms with Crippen LogP contribution in [0.4, 0.5) is 0 Å². The number of allylic oxidation sites excluding steroid dienone is 1. The van der Waals surface area contributed by atoms with Gasteiger partial charge in [-0.2, -0.15) is 0 Å². The summed E-state index contributed by atoms with van der Waals surface area (Å²) in [5, 5.41) is 20.1. The second kappa shape index (κ2) is 9.62. The number of hydrogen-bond donors (Lipinski definition) is 2. The predicted molar refractivity (Wildman–Crippen MR) is 83.4 cm³/mol. The Kier molecular flexibility index (Phi) is 8.17. The molecule has 3 atom stereocenters. The summed E-state index contributed by atoms with van der Waals surface area (Å²) in [6.07, 6.45) is 5.40. The number of unbranched alkanes of at least 4 members (excludes halogenated alkanes) is 4. The first-order chi connectivity index (χ1) is 10.5. The smallest absolute Gasteiger partial charge is 0.306 e. The zero-order valence-electron chi connectivity index (χ0n) is 13.6. The highest BCUT2D eigenvalue weighted by Gasteiger charge is 2.46. The van der Waals surface area contributed by atoms with Crippen LogP contribution < -0.4 is 0 Å². The Morgan fingerprint density at radius 3 is 2.64 bits per heavy atom. The first-order valence-electron chi connectivity index (χ1n) is 8.30. The van der Waals surface area contributed by atoms with Crippen LogP contribution in [0.25, 0.3) is 0 Å². The topological polar surface area (TPSA) is 83.8 Å². The molecule has 1 fully saturated rings. The van der Waals surface area contributed by atoms with E-state index in [0.717, 1.165) is 25.7 Å². The van der Waals surface area contributed by atoms with Gasteiger partial charge in [0.2, 0.25) is 0 Å². The van der Waals surface area contributed by atoms with Gasteiger partial charge in [0.1, 0.15) is 0 Å². The summed E-state index contributed by atoms with van der Waals surface area (Å²) in [6, 6.07) is 0. The monoisotopic (exact) mass is 312 g/mol. The van der Waals surface area contributed by atoms with E-state index in [-0.39, 0.29) is 24.4 Å². The molecule has 0 aliphatic heterocycles. The largest absolute Gasteiger partial charge is 0.512 e. The lowest BCUT2D eigenvalue weighted by Crippen LogP contribution is -2.32. The third-order valence-electron chi connectivity index (χ3n) is 3.93. The van der Waals surface area contributed by atoms with Gasteiger partial charge >= 0.3 is 5.97 Å². The van der Waals surface area contributed by atoms with Gasteiger partial charge in [0.25, 0.3) is 0 Å². The summed E-state index contributed by atoms with van der Waals surface area (Å²) in [7, 11) is 0. The van der Waals surface area contributed by atoms with E-state index in [1.807, 2.05) is 6.92 Å². The van der Waals surface area contributed by atoms with Crippen molar-refractivity contribution in [1.82, 2.24) is 0 Å². The number of Topliss-reactive ketones (excluding diaryl/α,β-unsaturated/α-hetero) is 1. The summed E-state index contributed by atoms with van der Waals surface area (Å²) in [5.41, 5.74) is 0. The molecule has 0 aromatic carbocycles. The number of hydrogen-bond acceptors (Lipinski definition) is 5. The summed E-state index contributed by atoms with van der Waals surface area (Å²) in [5.74, 6) is -1.65. The lowest BCUT2D eigenvalue weighted by atomic mass is 9.99. The minimum atomic E-state index is -1.05. The van der Waals surface area contributed by atoms with E-state index in [9.17, 15) is 19.8 Å². The van der Waals surface area contributed by atoms with Crippen LogP contribution in [-0.2, 0) is 14.3 Å². The highest BCUT2D eigenvalue weighted by Crippen LogP contribution is 2.31. The van der Waals surface area contributed by atoms with Crippen LogP contribution in [0.1, 0.15) is 65.2 Å². The van der Waals surface area contributed by atoms with Crippen LogP contribution in [-0.4, -0.2) is 34.2 Å². The highest BCUT2D eigenvalue weighted by molar-refractivity contribution is 5.89. The third kappa shape index (κ3) is 5.44. The normalized spacial score (nSPS) is 25.5. The molecule has 5 heteroatoms. The lowest BCUT2D eigenvalue weighted by molar-refractivity contribution is -0.156. The van der Waals surface area contributed by atoms with Crippen molar-refractivity contribution in [2.45, 2.75) is 77.4 Å². The predicted octanol–water partition coefficient (Wildman–Crippen LogP) is 3.06. The molecule has 1 saturated carbocycles. The summed E-state index contributed by atoms with van der Waals surface area (Å²) in [4.78, 5) is 23.5. The molecule has 0 aromatic heterocycles. The Morgan fingerprint density at radius 2 is 2.00 bits per heavy atom. The molecule has 0 amide bonds. The van der Waals surface area contributed by atoms with Gasteiger partial charge in [0.05, 0.1) is 17.8 Å².